The highest BCUT2D eigenvalue weighted by molar-refractivity contribution is 6.00. The van der Waals surface area contributed by atoms with Gasteiger partial charge in [-0.15, -0.1) is 0 Å². The van der Waals surface area contributed by atoms with E-state index in [1.54, 1.807) is 66.7 Å². The second-order valence-electron chi connectivity index (χ2n) is 7.69. The third kappa shape index (κ3) is 3.89. The SMILES string of the molecule is COC(=O)C1NC(c2ccco2)C(NC(=O)c2ccccc2)(C(=O)OC)C1c1ccccc1. The molecule has 8 heteroatoms. The maximum absolute atomic E-state index is 13.6. The van der Waals surface area contributed by atoms with Gasteiger partial charge in [0, 0.05) is 11.5 Å². The Labute approximate surface area is 190 Å². The Morgan fingerprint density at radius 3 is 2.15 bits per heavy atom. The van der Waals surface area contributed by atoms with E-state index in [1.807, 2.05) is 6.07 Å². The number of carbonyl (C=O) groups excluding carboxylic acids is 3. The lowest BCUT2D eigenvalue weighted by Gasteiger charge is -2.37. The van der Waals surface area contributed by atoms with Crippen molar-refractivity contribution in [2.45, 2.75) is 23.5 Å². The van der Waals surface area contributed by atoms with Crippen molar-refractivity contribution >= 4 is 17.8 Å². The third-order valence-corrected chi connectivity index (χ3v) is 5.95. The number of benzene rings is 2. The van der Waals surface area contributed by atoms with Gasteiger partial charge in [0.25, 0.3) is 5.91 Å². The molecule has 1 aliphatic heterocycles. The van der Waals surface area contributed by atoms with Gasteiger partial charge in [0.2, 0.25) is 0 Å². The fraction of sp³-hybridized carbons (Fsp3) is 0.240. The van der Waals surface area contributed by atoms with Crippen LogP contribution in [0.3, 0.4) is 0 Å². The molecular weight excluding hydrogens is 424 g/mol. The summed E-state index contributed by atoms with van der Waals surface area (Å²) < 4.78 is 15.9. The first-order valence-electron chi connectivity index (χ1n) is 10.4. The highest BCUT2D eigenvalue weighted by atomic mass is 16.5. The van der Waals surface area contributed by atoms with Crippen LogP contribution in [0, 0.1) is 0 Å². The van der Waals surface area contributed by atoms with Gasteiger partial charge in [-0.1, -0.05) is 48.5 Å². The zero-order valence-electron chi connectivity index (χ0n) is 18.2. The van der Waals surface area contributed by atoms with Crippen LogP contribution >= 0.6 is 0 Å². The maximum Gasteiger partial charge on any atom is 0.334 e. The van der Waals surface area contributed by atoms with E-state index in [-0.39, 0.29) is 0 Å². The minimum atomic E-state index is -1.72. The van der Waals surface area contributed by atoms with Crippen LogP contribution < -0.4 is 10.6 Å². The van der Waals surface area contributed by atoms with E-state index in [2.05, 4.69) is 10.6 Å². The number of hydrogen-bond donors (Lipinski definition) is 2. The number of nitrogens with one attached hydrogen (secondary N) is 2. The van der Waals surface area contributed by atoms with Crippen molar-refractivity contribution in [2.24, 2.45) is 0 Å². The minimum Gasteiger partial charge on any atom is -0.468 e. The Kier molecular flexibility index (Phi) is 6.28. The van der Waals surface area contributed by atoms with Crippen molar-refractivity contribution in [2.75, 3.05) is 14.2 Å². The van der Waals surface area contributed by atoms with Crippen LogP contribution in [0.15, 0.2) is 83.5 Å². The molecule has 1 aliphatic rings. The average molecular weight is 448 g/mol. The number of methoxy groups -OCH3 is 2. The van der Waals surface area contributed by atoms with Crippen LogP contribution in [0.1, 0.15) is 33.6 Å². The summed E-state index contributed by atoms with van der Waals surface area (Å²) in [4.78, 5) is 39.8. The van der Waals surface area contributed by atoms with Crippen LogP contribution in [0.25, 0.3) is 0 Å². The summed E-state index contributed by atoms with van der Waals surface area (Å²) >= 11 is 0. The molecule has 8 nitrogen and oxygen atoms in total. The molecule has 4 unspecified atom stereocenters. The molecule has 0 spiro atoms. The summed E-state index contributed by atoms with van der Waals surface area (Å²) in [7, 11) is 2.51. The van der Waals surface area contributed by atoms with Crippen LogP contribution in [0.5, 0.6) is 0 Å². The van der Waals surface area contributed by atoms with Gasteiger partial charge < -0.3 is 19.2 Å². The molecule has 2 heterocycles. The van der Waals surface area contributed by atoms with Crippen LogP contribution in [-0.2, 0) is 19.1 Å². The van der Waals surface area contributed by atoms with Gasteiger partial charge >= 0.3 is 11.9 Å². The first kappa shape index (κ1) is 22.3. The molecule has 1 aromatic heterocycles. The van der Waals surface area contributed by atoms with E-state index < -0.39 is 41.4 Å². The highest BCUT2D eigenvalue weighted by Gasteiger charge is 2.65. The van der Waals surface area contributed by atoms with E-state index in [4.69, 9.17) is 13.9 Å². The van der Waals surface area contributed by atoms with Crippen molar-refractivity contribution in [1.82, 2.24) is 10.6 Å². The fourth-order valence-electron chi connectivity index (χ4n) is 4.52. The van der Waals surface area contributed by atoms with Crippen LogP contribution in [0.4, 0.5) is 0 Å². The zero-order valence-corrected chi connectivity index (χ0v) is 18.2. The quantitative estimate of drug-likeness (QED) is 0.558. The van der Waals surface area contributed by atoms with Crippen LogP contribution in [-0.4, -0.2) is 43.6 Å². The first-order valence-corrected chi connectivity index (χ1v) is 10.4. The molecule has 1 fully saturated rings. The van der Waals surface area contributed by atoms with Gasteiger partial charge in [0.1, 0.15) is 17.8 Å². The Hall–Kier alpha value is -3.91. The number of hydrogen-bond acceptors (Lipinski definition) is 7. The van der Waals surface area contributed by atoms with E-state index >= 15 is 0 Å². The monoisotopic (exact) mass is 448 g/mol. The number of carbonyl (C=O) groups is 3. The van der Waals surface area contributed by atoms with Gasteiger partial charge in [0.15, 0.2) is 5.54 Å². The molecule has 3 aromatic rings. The van der Waals surface area contributed by atoms with Gasteiger partial charge in [-0.3, -0.25) is 14.9 Å². The standard InChI is InChI=1S/C25H24N2O6/c1-31-23(29)20-19(16-10-5-3-6-11-16)25(24(30)32-2,21(26-20)18-14-9-15-33-18)27-22(28)17-12-7-4-8-13-17/h3-15,19-21,26H,1-2H3,(H,27,28). The van der Waals surface area contributed by atoms with Crippen LogP contribution in [0.2, 0.25) is 0 Å². The number of esters is 2. The summed E-state index contributed by atoms with van der Waals surface area (Å²) in [6, 6.07) is 19.0. The third-order valence-electron chi connectivity index (χ3n) is 5.95. The second kappa shape index (κ2) is 9.30. The normalized spacial score (nSPS) is 24.1. The average Bonchev–Trinajstić information content (AvgIpc) is 3.51. The maximum atomic E-state index is 13.6. The topological polar surface area (TPSA) is 107 Å². The molecule has 2 aromatic carbocycles. The number of rotatable bonds is 6. The second-order valence-corrected chi connectivity index (χ2v) is 7.69. The van der Waals surface area contributed by atoms with Gasteiger partial charge in [-0.05, 0) is 29.8 Å². The summed E-state index contributed by atoms with van der Waals surface area (Å²) in [5, 5.41) is 6.08. The molecule has 1 amide bonds. The van der Waals surface area contributed by atoms with E-state index in [0.29, 0.717) is 16.9 Å². The molecule has 33 heavy (non-hydrogen) atoms. The first-order chi connectivity index (χ1) is 16.0. The van der Waals surface area contributed by atoms with E-state index in [0.717, 1.165) is 0 Å². The largest absolute Gasteiger partial charge is 0.468 e. The molecular formula is C25H24N2O6. The Bertz CT molecular complexity index is 1120. The van der Waals surface area contributed by atoms with Crippen molar-refractivity contribution in [3.05, 3.63) is 95.9 Å². The van der Waals surface area contributed by atoms with Crippen molar-refractivity contribution in [3.63, 3.8) is 0 Å². The van der Waals surface area contributed by atoms with Gasteiger partial charge in [0.05, 0.1) is 20.5 Å². The molecule has 170 valence electrons. The lowest BCUT2D eigenvalue weighted by Crippen LogP contribution is -2.61. The summed E-state index contributed by atoms with van der Waals surface area (Å²) in [6.45, 7) is 0. The van der Waals surface area contributed by atoms with E-state index in [1.165, 1.54) is 20.5 Å². The molecule has 0 bridgehead atoms. The van der Waals surface area contributed by atoms with Gasteiger partial charge in [-0.25, -0.2) is 4.79 Å². The predicted molar refractivity (Wildman–Crippen MR) is 118 cm³/mol. The number of furan rings is 1. The molecule has 0 radical (unpaired) electrons. The zero-order chi connectivity index (χ0) is 23.4. The predicted octanol–water partition coefficient (Wildman–Crippen LogP) is 2.59. The lowest BCUT2D eigenvalue weighted by molar-refractivity contribution is -0.150. The molecule has 1 saturated heterocycles. The summed E-state index contributed by atoms with van der Waals surface area (Å²) in [6.07, 6.45) is 1.46. The van der Waals surface area contributed by atoms with Gasteiger partial charge in [-0.2, -0.15) is 0 Å². The van der Waals surface area contributed by atoms with Crippen molar-refractivity contribution in [1.29, 1.82) is 0 Å². The lowest BCUT2D eigenvalue weighted by atomic mass is 9.74. The Morgan fingerprint density at radius 2 is 1.58 bits per heavy atom. The van der Waals surface area contributed by atoms with E-state index in [9.17, 15) is 14.4 Å². The van der Waals surface area contributed by atoms with Crippen molar-refractivity contribution in [3.8, 4) is 0 Å². The molecule has 4 atom stereocenters. The summed E-state index contributed by atoms with van der Waals surface area (Å²) in [5.41, 5.74) is -0.722. The highest BCUT2D eigenvalue weighted by Crippen LogP contribution is 2.48. The fourth-order valence-corrected chi connectivity index (χ4v) is 4.52. The number of amides is 1. The molecule has 2 N–H and O–H groups in total. The summed E-state index contributed by atoms with van der Waals surface area (Å²) in [5.74, 6) is -2.30. The number of ether oxygens (including phenoxy) is 2. The minimum absolute atomic E-state index is 0.354. The molecule has 0 aliphatic carbocycles. The van der Waals surface area contributed by atoms with Crippen molar-refractivity contribution < 1.29 is 28.3 Å². The molecule has 0 saturated carbocycles. The Balaban J connectivity index is 1.94. The smallest absolute Gasteiger partial charge is 0.334 e. The molecule has 4 rings (SSSR count). The Morgan fingerprint density at radius 1 is 0.909 bits per heavy atom.